The van der Waals surface area contributed by atoms with Gasteiger partial charge in [-0.05, 0) is 41.7 Å². The van der Waals surface area contributed by atoms with Gasteiger partial charge in [0, 0.05) is 10.8 Å². The first-order valence-electron chi connectivity index (χ1n) is 7.63. The van der Waals surface area contributed by atoms with Crippen LogP contribution in [0.15, 0.2) is 29.2 Å². The molecule has 0 amide bonds. The molecule has 4 nitrogen and oxygen atoms in total. The molecule has 4 atom stereocenters. The third-order valence-electron chi connectivity index (χ3n) is 5.09. The first-order chi connectivity index (χ1) is 11.1. The highest BCUT2D eigenvalue weighted by atomic mass is 32.1. The molecule has 0 saturated heterocycles. The van der Waals surface area contributed by atoms with Crippen molar-refractivity contribution in [2.24, 2.45) is 23.2 Å². The number of nitrogens with zero attached hydrogens (tertiary/aromatic N) is 3. The summed E-state index contributed by atoms with van der Waals surface area (Å²) in [6.45, 7) is 2.15. The lowest BCUT2D eigenvalue weighted by molar-refractivity contribution is 0.286. The molecule has 1 aromatic heterocycles. The molecule has 0 aliphatic heterocycles. The molecule has 1 unspecified atom stereocenters. The zero-order chi connectivity index (χ0) is 16.6. The molecule has 0 radical (unpaired) electrons. The van der Waals surface area contributed by atoms with Gasteiger partial charge in [-0.25, -0.2) is 0 Å². The molecule has 5 heteroatoms. The minimum absolute atomic E-state index is 0.0181. The van der Waals surface area contributed by atoms with E-state index >= 15 is 0 Å². The number of rotatable bonds is 1. The molecule has 1 fully saturated rings. The molecular formula is C18H16N4S. The Morgan fingerprint density at radius 3 is 2.61 bits per heavy atom. The quantitative estimate of drug-likeness (QED) is 0.792. The molecule has 1 aromatic rings. The summed E-state index contributed by atoms with van der Waals surface area (Å²) in [5, 5.41) is 39.6. The van der Waals surface area contributed by atoms with Gasteiger partial charge in [0.25, 0.3) is 0 Å². The predicted octanol–water partition coefficient (Wildman–Crippen LogP) is 4.01. The summed E-state index contributed by atoms with van der Waals surface area (Å²) in [7, 11) is 0. The maximum Gasteiger partial charge on any atom is 0.190 e. The van der Waals surface area contributed by atoms with Gasteiger partial charge in [-0.3, -0.25) is 0 Å². The van der Waals surface area contributed by atoms with Crippen molar-refractivity contribution < 1.29 is 0 Å². The zero-order valence-electron chi connectivity index (χ0n) is 12.8. The molecule has 114 valence electrons. The van der Waals surface area contributed by atoms with E-state index < -0.39 is 11.3 Å². The van der Waals surface area contributed by atoms with E-state index in [1.165, 1.54) is 11.3 Å². The van der Waals surface area contributed by atoms with Crippen molar-refractivity contribution in [2.75, 3.05) is 0 Å². The molecule has 2 aliphatic rings. The average Bonchev–Trinajstić information content (AvgIpc) is 3.08. The maximum atomic E-state index is 9.81. The van der Waals surface area contributed by atoms with Crippen molar-refractivity contribution in [3.05, 3.63) is 34.0 Å². The van der Waals surface area contributed by atoms with Gasteiger partial charge in [0.2, 0.25) is 0 Å². The fourth-order valence-electron chi connectivity index (χ4n) is 3.98. The average molecular weight is 320 g/mol. The molecule has 23 heavy (non-hydrogen) atoms. The Bertz CT molecular complexity index is 770. The monoisotopic (exact) mass is 320 g/mol. The van der Waals surface area contributed by atoms with Gasteiger partial charge in [0.1, 0.15) is 5.92 Å². The SMILES string of the molecule is C[C@@H]1CC=C2C(C#N)C(=N)C(C#N)(C#N)[C@@H](c3cccs3)[C@H]2C1. The summed E-state index contributed by atoms with van der Waals surface area (Å²) in [4.78, 5) is 0.958. The molecule has 2 aliphatic carbocycles. The van der Waals surface area contributed by atoms with Gasteiger partial charge in [-0.1, -0.05) is 19.1 Å². The zero-order valence-corrected chi connectivity index (χ0v) is 13.6. The number of allylic oxidation sites excluding steroid dienone is 2. The highest BCUT2D eigenvalue weighted by Crippen LogP contribution is 2.56. The molecule has 0 aromatic carbocycles. The molecule has 1 N–H and O–H groups in total. The van der Waals surface area contributed by atoms with Crippen LogP contribution >= 0.6 is 11.3 Å². The molecule has 3 rings (SSSR count). The van der Waals surface area contributed by atoms with Crippen molar-refractivity contribution in [3.8, 4) is 18.2 Å². The van der Waals surface area contributed by atoms with Gasteiger partial charge in [-0.15, -0.1) is 11.3 Å². The third kappa shape index (κ3) is 2.11. The van der Waals surface area contributed by atoms with Crippen LogP contribution in [0.4, 0.5) is 0 Å². The lowest BCUT2D eigenvalue weighted by Gasteiger charge is -2.46. The Morgan fingerprint density at radius 1 is 1.30 bits per heavy atom. The second-order valence-electron chi connectivity index (χ2n) is 6.39. The normalized spacial score (nSPS) is 31.9. The Labute approximate surface area is 139 Å². The molecule has 1 heterocycles. The van der Waals surface area contributed by atoms with Crippen molar-refractivity contribution in [2.45, 2.75) is 25.7 Å². The van der Waals surface area contributed by atoms with Gasteiger partial charge in [0.15, 0.2) is 5.41 Å². The number of nitrogens with one attached hydrogen (secondary N) is 1. The van der Waals surface area contributed by atoms with Crippen LogP contribution in [0.25, 0.3) is 0 Å². The van der Waals surface area contributed by atoms with Crippen molar-refractivity contribution >= 4 is 17.0 Å². The van der Waals surface area contributed by atoms with Crippen LogP contribution < -0.4 is 0 Å². The van der Waals surface area contributed by atoms with Crippen LogP contribution in [0.5, 0.6) is 0 Å². The van der Waals surface area contributed by atoms with Crippen molar-refractivity contribution in [1.82, 2.24) is 0 Å². The molecule has 1 saturated carbocycles. The van der Waals surface area contributed by atoms with Crippen LogP contribution in [-0.4, -0.2) is 5.71 Å². The van der Waals surface area contributed by atoms with Gasteiger partial charge in [-0.2, -0.15) is 15.8 Å². The molecule has 0 bridgehead atoms. The van der Waals surface area contributed by atoms with E-state index in [0.29, 0.717) is 5.92 Å². The van der Waals surface area contributed by atoms with E-state index in [1.54, 1.807) is 0 Å². The van der Waals surface area contributed by atoms with E-state index in [0.717, 1.165) is 23.3 Å². The number of hydrogen-bond donors (Lipinski definition) is 1. The smallest absolute Gasteiger partial charge is 0.190 e. The van der Waals surface area contributed by atoms with Crippen LogP contribution in [-0.2, 0) is 0 Å². The topological polar surface area (TPSA) is 95.2 Å². The van der Waals surface area contributed by atoms with Crippen LogP contribution in [0.1, 0.15) is 30.6 Å². The van der Waals surface area contributed by atoms with Crippen molar-refractivity contribution in [1.29, 1.82) is 21.2 Å². The highest BCUT2D eigenvalue weighted by Gasteiger charge is 2.57. The predicted molar refractivity (Wildman–Crippen MR) is 87.5 cm³/mol. The van der Waals surface area contributed by atoms with E-state index in [9.17, 15) is 15.8 Å². The van der Waals surface area contributed by atoms with E-state index in [1.807, 2.05) is 17.5 Å². The summed E-state index contributed by atoms with van der Waals surface area (Å²) in [6.07, 6.45) is 3.81. The number of hydrogen-bond acceptors (Lipinski definition) is 5. The molecular weight excluding hydrogens is 304 g/mol. The fraction of sp³-hybridized carbons (Fsp3) is 0.444. The summed E-state index contributed by atoms with van der Waals surface area (Å²) >= 11 is 1.52. The second-order valence-corrected chi connectivity index (χ2v) is 7.37. The minimum Gasteiger partial charge on any atom is -0.305 e. The number of nitriles is 3. The number of thiophene rings is 1. The Morgan fingerprint density at radius 2 is 2.04 bits per heavy atom. The molecule has 0 spiro atoms. The Hall–Kier alpha value is -2.42. The largest absolute Gasteiger partial charge is 0.305 e. The van der Waals surface area contributed by atoms with E-state index in [2.05, 4.69) is 31.2 Å². The van der Waals surface area contributed by atoms with Crippen molar-refractivity contribution in [3.63, 3.8) is 0 Å². The second kappa shape index (κ2) is 5.65. The van der Waals surface area contributed by atoms with Gasteiger partial charge >= 0.3 is 0 Å². The van der Waals surface area contributed by atoms with Crippen LogP contribution in [0, 0.1) is 62.6 Å². The Balaban J connectivity index is 2.25. The van der Waals surface area contributed by atoms with Gasteiger partial charge < -0.3 is 5.41 Å². The lowest BCUT2D eigenvalue weighted by atomic mass is 9.53. The third-order valence-corrected chi connectivity index (χ3v) is 6.04. The fourth-order valence-corrected chi connectivity index (χ4v) is 4.94. The van der Waals surface area contributed by atoms with Gasteiger partial charge in [0.05, 0.1) is 23.9 Å². The summed E-state index contributed by atoms with van der Waals surface area (Å²) in [5.41, 5.74) is -0.666. The minimum atomic E-state index is -1.55. The van der Waals surface area contributed by atoms with Crippen LogP contribution in [0.3, 0.4) is 0 Å². The standard InChI is InChI=1S/C18H16N4S/c1-11-4-5-12-13(7-11)16(15-3-2-6-23-15)18(9-20,10-21)17(22)14(12)8-19/h2-3,5-6,11,13-14,16,22H,4,7H2,1H3/t11-,13+,14?,16-/m1/s1. The number of fused-ring (bicyclic) bond motifs is 1. The highest BCUT2D eigenvalue weighted by molar-refractivity contribution is 7.10. The van der Waals surface area contributed by atoms with E-state index in [-0.39, 0.29) is 17.5 Å². The van der Waals surface area contributed by atoms with E-state index in [4.69, 9.17) is 5.41 Å². The van der Waals surface area contributed by atoms with Crippen LogP contribution in [0.2, 0.25) is 0 Å². The summed E-state index contributed by atoms with van der Waals surface area (Å²) < 4.78 is 0. The first-order valence-corrected chi connectivity index (χ1v) is 8.51. The summed E-state index contributed by atoms with van der Waals surface area (Å²) in [6, 6.07) is 10.2. The maximum absolute atomic E-state index is 9.81. The Kier molecular flexibility index (Phi) is 3.80. The first kappa shape index (κ1) is 15.5. The summed E-state index contributed by atoms with van der Waals surface area (Å²) in [5.74, 6) is -0.671. The lowest BCUT2D eigenvalue weighted by Crippen LogP contribution is -2.49.